The van der Waals surface area contributed by atoms with Crippen LogP contribution in [0.3, 0.4) is 0 Å². The van der Waals surface area contributed by atoms with Crippen molar-refractivity contribution in [2.75, 3.05) is 6.54 Å². The highest BCUT2D eigenvalue weighted by Gasteiger charge is 1.93. The molecule has 0 rings (SSSR count). The Labute approximate surface area is 62.3 Å². The van der Waals surface area contributed by atoms with Gasteiger partial charge in [0.2, 0.25) is 5.91 Å². The topological polar surface area (TPSA) is 29.1 Å². The Morgan fingerprint density at radius 2 is 2.40 bits per heavy atom. The van der Waals surface area contributed by atoms with Gasteiger partial charge in [0.1, 0.15) is 0 Å². The lowest BCUT2D eigenvalue weighted by molar-refractivity contribution is -0.120. The van der Waals surface area contributed by atoms with E-state index < -0.39 is 0 Å². The van der Waals surface area contributed by atoms with Crippen LogP contribution in [0.1, 0.15) is 19.8 Å². The van der Waals surface area contributed by atoms with Crippen molar-refractivity contribution in [1.82, 2.24) is 5.32 Å². The van der Waals surface area contributed by atoms with E-state index in [-0.39, 0.29) is 5.91 Å². The van der Waals surface area contributed by atoms with Gasteiger partial charge in [-0.1, -0.05) is 19.1 Å². The van der Waals surface area contributed by atoms with E-state index in [4.69, 9.17) is 0 Å². The second-order valence-corrected chi connectivity index (χ2v) is 2.03. The summed E-state index contributed by atoms with van der Waals surface area (Å²) in [6, 6.07) is 0. The predicted octanol–water partition coefficient (Wildman–Crippen LogP) is 1.29. The standard InChI is InChI=1S/C8H14NO/c1-3-5-6-8(10)9-7-4-2/h3,5H,1,4,6-7H2,2H3,(H,9,10)/b5-3+. The molecule has 57 valence electrons. The van der Waals surface area contributed by atoms with Gasteiger partial charge in [-0.25, -0.2) is 0 Å². The average Bonchev–Trinajstić information content (AvgIpc) is 1.97. The normalized spacial score (nSPS) is 10.2. The van der Waals surface area contributed by atoms with E-state index in [2.05, 4.69) is 12.2 Å². The number of hydrogen-bond donors (Lipinski definition) is 1. The van der Waals surface area contributed by atoms with Crippen molar-refractivity contribution < 1.29 is 4.79 Å². The van der Waals surface area contributed by atoms with Crippen LogP contribution in [-0.2, 0) is 4.79 Å². The second kappa shape index (κ2) is 6.33. The summed E-state index contributed by atoms with van der Waals surface area (Å²) in [5.74, 6) is 0.0711. The molecule has 0 saturated carbocycles. The number of hydrogen-bond acceptors (Lipinski definition) is 1. The van der Waals surface area contributed by atoms with Crippen LogP contribution in [0.4, 0.5) is 0 Å². The molecule has 10 heavy (non-hydrogen) atoms. The van der Waals surface area contributed by atoms with Crippen LogP contribution >= 0.6 is 0 Å². The fourth-order valence-corrected chi connectivity index (χ4v) is 0.527. The molecule has 0 spiro atoms. The van der Waals surface area contributed by atoms with Gasteiger partial charge >= 0.3 is 0 Å². The first-order chi connectivity index (χ1) is 4.81. The van der Waals surface area contributed by atoms with Crippen LogP contribution in [0.2, 0.25) is 0 Å². The first kappa shape index (κ1) is 9.21. The van der Waals surface area contributed by atoms with E-state index in [1.54, 1.807) is 12.2 Å². The molecule has 0 unspecified atom stereocenters. The van der Waals surface area contributed by atoms with Gasteiger partial charge in [-0.15, -0.1) is 0 Å². The fraction of sp³-hybridized carbons (Fsp3) is 0.500. The smallest absolute Gasteiger partial charge is 0.223 e. The molecule has 0 aromatic heterocycles. The van der Waals surface area contributed by atoms with Crippen LogP contribution in [0.15, 0.2) is 12.2 Å². The van der Waals surface area contributed by atoms with Crippen molar-refractivity contribution in [3.05, 3.63) is 19.1 Å². The van der Waals surface area contributed by atoms with Crippen molar-refractivity contribution in [3.63, 3.8) is 0 Å². The monoisotopic (exact) mass is 140 g/mol. The number of amides is 1. The molecule has 0 aliphatic heterocycles. The largest absolute Gasteiger partial charge is 0.356 e. The van der Waals surface area contributed by atoms with E-state index in [0.717, 1.165) is 13.0 Å². The van der Waals surface area contributed by atoms with Gasteiger partial charge in [0, 0.05) is 13.0 Å². The lowest BCUT2D eigenvalue weighted by Gasteiger charge is -1.98. The van der Waals surface area contributed by atoms with Crippen molar-refractivity contribution in [2.24, 2.45) is 0 Å². The second-order valence-electron chi connectivity index (χ2n) is 2.03. The van der Waals surface area contributed by atoms with Crippen LogP contribution in [0.5, 0.6) is 0 Å². The number of carbonyl (C=O) groups excluding carboxylic acids is 1. The molecule has 1 radical (unpaired) electrons. The van der Waals surface area contributed by atoms with E-state index in [1.165, 1.54) is 0 Å². The molecule has 0 saturated heterocycles. The Morgan fingerprint density at radius 1 is 1.70 bits per heavy atom. The van der Waals surface area contributed by atoms with Crippen molar-refractivity contribution in [1.29, 1.82) is 0 Å². The Hall–Kier alpha value is -0.790. The highest BCUT2D eigenvalue weighted by atomic mass is 16.1. The van der Waals surface area contributed by atoms with Gasteiger partial charge in [0.25, 0.3) is 0 Å². The SMILES string of the molecule is [CH2]/C=C/CC(=O)NCCC. The first-order valence-electron chi connectivity index (χ1n) is 3.52. The van der Waals surface area contributed by atoms with Crippen LogP contribution < -0.4 is 5.32 Å². The Kier molecular flexibility index (Phi) is 5.83. The highest BCUT2D eigenvalue weighted by Crippen LogP contribution is 1.82. The van der Waals surface area contributed by atoms with Crippen LogP contribution in [0, 0.1) is 6.92 Å². The summed E-state index contributed by atoms with van der Waals surface area (Å²) in [7, 11) is 0. The van der Waals surface area contributed by atoms with Crippen LogP contribution in [0.25, 0.3) is 0 Å². The molecule has 1 N–H and O–H groups in total. The maximum atomic E-state index is 10.8. The Bertz CT molecular complexity index is 118. The minimum Gasteiger partial charge on any atom is -0.356 e. The molecule has 0 bridgehead atoms. The predicted molar refractivity (Wildman–Crippen MR) is 42.4 cm³/mol. The maximum absolute atomic E-state index is 10.8. The van der Waals surface area contributed by atoms with Crippen molar-refractivity contribution in [2.45, 2.75) is 19.8 Å². The summed E-state index contributed by atoms with van der Waals surface area (Å²) in [5, 5.41) is 2.75. The molecule has 0 heterocycles. The Morgan fingerprint density at radius 3 is 2.90 bits per heavy atom. The number of rotatable bonds is 4. The summed E-state index contributed by atoms with van der Waals surface area (Å²) in [4.78, 5) is 10.8. The molecule has 0 aliphatic rings. The zero-order valence-electron chi connectivity index (χ0n) is 6.39. The van der Waals surface area contributed by atoms with E-state index in [1.807, 2.05) is 6.92 Å². The van der Waals surface area contributed by atoms with Gasteiger partial charge < -0.3 is 5.32 Å². The van der Waals surface area contributed by atoms with E-state index >= 15 is 0 Å². The lowest BCUT2D eigenvalue weighted by atomic mass is 10.3. The van der Waals surface area contributed by atoms with E-state index in [9.17, 15) is 4.79 Å². The lowest BCUT2D eigenvalue weighted by Crippen LogP contribution is -2.22. The molecule has 0 aromatic rings. The zero-order chi connectivity index (χ0) is 7.82. The molecule has 0 atom stereocenters. The fourth-order valence-electron chi connectivity index (χ4n) is 0.527. The van der Waals surface area contributed by atoms with E-state index in [0.29, 0.717) is 6.42 Å². The number of carbonyl (C=O) groups is 1. The average molecular weight is 140 g/mol. The molecule has 2 nitrogen and oxygen atoms in total. The zero-order valence-corrected chi connectivity index (χ0v) is 6.39. The Balaban J connectivity index is 3.25. The van der Waals surface area contributed by atoms with Gasteiger partial charge in [0.05, 0.1) is 0 Å². The summed E-state index contributed by atoms with van der Waals surface area (Å²) in [6.07, 6.45) is 4.81. The summed E-state index contributed by atoms with van der Waals surface area (Å²) >= 11 is 0. The third-order valence-corrected chi connectivity index (χ3v) is 1.04. The van der Waals surface area contributed by atoms with Gasteiger partial charge in [0.15, 0.2) is 0 Å². The summed E-state index contributed by atoms with van der Waals surface area (Å²) in [6.45, 7) is 6.27. The minimum absolute atomic E-state index is 0.0711. The molecular weight excluding hydrogens is 126 g/mol. The van der Waals surface area contributed by atoms with Gasteiger partial charge in [-0.2, -0.15) is 0 Å². The first-order valence-corrected chi connectivity index (χ1v) is 3.52. The summed E-state index contributed by atoms with van der Waals surface area (Å²) < 4.78 is 0. The molecule has 2 heteroatoms. The third kappa shape index (κ3) is 5.35. The summed E-state index contributed by atoms with van der Waals surface area (Å²) in [5.41, 5.74) is 0. The molecule has 0 fully saturated rings. The molecular formula is C8H14NO. The number of allylic oxidation sites excluding steroid dienone is 1. The quantitative estimate of drug-likeness (QED) is 0.626. The van der Waals surface area contributed by atoms with Crippen molar-refractivity contribution in [3.8, 4) is 0 Å². The van der Waals surface area contributed by atoms with Gasteiger partial charge in [-0.05, 0) is 13.3 Å². The highest BCUT2D eigenvalue weighted by molar-refractivity contribution is 5.77. The molecule has 0 aromatic carbocycles. The molecule has 1 amide bonds. The maximum Gasteiger partial charge on any atom is 0.223 e. The minimum atomic E-state index is 0.0711. The third-order valence-electron chi connectivity index (χ3n) is 1.04. The van der Waals surface area contributed by atoms with Crippen LogP contribution in [-0.4, -0.2) is 12.5 Å². The van der Waals surface area contributed by atoms with Crippen molar-refractivity contribution >= 4 is 5.91 Å². The van der Waals surface area contributed by atoms with Gasteiger partial charge in [-0.3, -0.25) is 4.79 Å². The number of nitrogens with one attached hydrogen (secondary N) is 1. The molecule has 0 aliphatic carbocycles.